The Kier molecular flexibility index (Phi) is 5.89. The molecule has 1 fully saturated rings. The van der Waals surface area contributed by atoms with E-state index in [9.17, 15) is 8.42 Å². The van der Waals surface area contributed by atoms with Crippen LogP contribution in [-0.2, 0) is 15.4 Å². The van der Waals surface area contributed by atoms with Crippen molar-refractivity contribution >= 4 is 21.4 Å². The summed E-state index contributed by atoms with van der Waals surface area (Å²) in [5.74, 6) is 1.36. The van der Waals surface area contributed by atoms with Crippen LogP contribution in [0.2, 0.25) is 0 Å². The third-order valence-corrected chi connectivity index (χ3v) is 7.97. The highest BCUT2D eigenvalue weighted by molar-refractivity contribution is 7.91. The Labute approximate surface area is 159 Å². The zero-order chi connectivity index (χ0) is 18.6. The average molecular weight is 396 g/mol. The van der Waals surface area contributed by atoms with Crippen molar-refractivity contribution in [2.24, 2.45) is 0 Å². The highest BCUT2D eigenvalue weighted by atomic mass is 32.2. The van der Waals surface area contributed by atoms with Crippen LogP contribution in [0.5, 0.6) is 11.5 Å². The molecule has 1 aliphatic rings. The Hall–Kier alpha value is -1.57. The summed E-state index contributed by atoms with van der Waals surface area (Å²) in [6, 6.07) is 9.31. The molecule has 2 aromatic rings. The second kappa shape index (κ2) is 7.98. The van der Waals surface area contributed by atoms with E-state index >= 15 is 0 Å². The maximum atomic E-state index is 12.6. The normalized spacial score (nSPS) is 17.0. The van der Waals surface area contributed by atoms with Crippen LogP contribution in [0, 0.1) is 0 Å². The molecule has 0 radical (unpaired) electrons. The maximum Gasteiger partial charge on any atom is 0.250 e. The number of methoxy groups -OCH3 is 2. The van der Waals surface area contributed by atoms with Gasteiger partial charge in [0.05, 0.1) is 14.2 Å². The topological polar surface area (TPSA) is 64.6 Å². The number of hydrogen-bond donors (Lipinski definition) is 1. The Morgan fingerprint density at radius 3 is 2.42 bits per heavy atom. The molecule has 1 heterocycles. The number of thiophene rings is 1. The Morgan fingerprint density at radius 2 is 1.81 bits per heavy atom. The van der Waals surface area contributed by atoms with Crippen LogP contribution in [0.1, 0.15) is 37.7 Å². The molecule has 5 nitrogen and oxygen atoms in total. The van der Waals surface area contributed by atoms with Gasteiger partial charge in [0.25, 0.3) is 0 Å². The predicted molar refractivity (Wildman–Crippen MR) is 104 cm³/mol. The second-order valence-electron chi connectivity index (χ2n) is 6.67. The van der Waals surface area contributed by atoms with Gasteiger partial charge < -0.3 is 9.47 Å². The fourth-order valence-corrected chi connectivity index (χ4v) is 5.85. The first kappa shape index (κ1) is 19.2. The molecule has 0 aliphatic heterocycles. The minimum atomic E-state index is -3.48. The average Bonchev–Trinajstić information content (AvgIpc) is 3.22. The van der Waals surface area contributed by atoms with Gasteiger partial charge in [-0.05, 0) is 42.0 Å². The van der Waals surface area contributed by atoms with E-state index in [1.807, 2.05) is 18.2 Å². The molecule has 1 N–H and O–H groups in total. The van der Waals surface area contributed by atoms with Crippen molar-refractivity contribution in [3.8, 4) is 11.5 Å². The molecule has 0 bridgehead atoms. The standard InChI is InChI=1S/C19H25NO4S2/c1-23-16-9-8-15(13-17(16)24-2)19(10-4-3-5-11-19)14-20-26(21,22)18-7-6-12-25-18/h6-9,12-13,20H,3-5,10-11,14H2,1-2H3. The molecular weight excluding hydrogens is 370 g/mol. The summed E-state index contributed by atoms with van der Waals surface area (Å²) in [7, 11) is -0.245. The van der Waals surface area contributed by atoms with Crippen LogP contribution in [0.15, 0.2) is 39.9 Å². The van der Waals surface area contributed by atoms with Crippen molar-refractivity contribution in [1.29, 1.82) is 0 Å². The van der Waals surface area contributed by atoms with Crippen molar-refractivity contribution in [3.05, 3.63) is 41.3 Å². The van der Waals surface area contributed by atoms with E-state index in [-0.39, 0.29) is 5.41 Å². The third-order valence-electron chi connectivity index (χ3n) is 5.17. The summed E-state index contributed by atoms with van der Waals surface area (Å²) in [4.78, 5) is 0. The van der Waals surface area contributed by atoms with Crippen LogP contribution in [0.4, 0.5) is 0 Å². The lowest BCUT2D eigenvalue weighted by atomic mass is 9.69. The van der Waals surface area contributed by atoms with E-state index in [0.29, 0.717) is 22.3 Å². The van der Waals surface area contributed by atoms with E-state index in [2.05, 4.69) is 4.72 Å². The van der Waals surface area contributed by atoms with Crippen molar-refractivity contribution in [3.63, 3.8) is 0 Å². The number of benzene rings is 1. The molecular formula is C19H25NO4S2. The minimum Gasteiger partial charge on any atom is -0.493 e. The summed E-state index contributed by atoms with van der Waals surface area (Å²) in [6.45, 7) is 0.392. The summed E-state index contributed by atoms with van der Waals surface area (Å²) in [5, 5.41) is 1.78. The second-order valence-corrected chi connectivity index (χ2v) is 9.61. The Balaban J connectivity index is 1.90. The van der Waals surface area contributed by atoms with Crippen LogP contribution in [-0.4, -0.2) is 29.2 Å². The van der Waals surface area contributed by atoms with Gasteiger partial charge in [0.1, 0.15) is 4.21 Å². The van der Waals surface area contributed by atoms with Crippen LogP contribution < -0.4 is 14.2 Å². The van der Waals surface area contributed by atoms with Gasteiger partial charge in [-0.15, -0.1) is 11.3 Å². The summed E-state index contributed by atoms with van der Waals surface area (Å²) < 4.78 is 39.2. The highest BCUT2D eigenvalue weighted by Gasteiger charge is 2.36. The number of ether oxygens (including phenoxy) is 2. The molecule has 1 aromatic carbocycles. The van der Waals surface area contributed by atoms with Crippen molar-refractivity contribution in [2.75, 3.05) is 20.8 Å². The van der Waals surface area contributed by atoms with Crippen molar-refractivity contribution in [2.45, 2.75) is 41.7 Å². The maximum absolute atomic E-state index is 12.6. The van der Waals surface area contributed by atoms with E-state index in [4.69, 9.17) is 9.47 Å². The molecule has 1 saturated carbocycles. The smallest absolute Gasteiger partial charge is 0.250 e. The predicted octanol–water partition coefficient (Wildman–Crippen LogP) is 3.95. The van der Waals surface area contributed by atoms with Crippen molar-refractivity contribution < 1.29 is 17.9 Å². The first-order valence-electron chi connectivity index (χ1n) is 8.76. The van der Waals surface area contributed by atoms with Crippen molar-refractivity contribution in [1.82, 2.24) is 4.72 Å². The summed E-state index contributed by atoms with van der Waals surface area (Å²) in [6.07, 6.45) is 5.28. The molecule has 0 atom stereocenters. The molecule has 7 heteroatoms. The molecule has 26 heavy (non-hydrogen) atoms. The summed E-state index contributed by atoms with van der Waals surface area (Å²) in [5.41, 5.74) is 0.881. The number of rotatable bonds is 7. The lowest BCUT2D eigenvalue weighted by Crippen LogP contribution is -2.42. The quantitative estimate of drug-likeness (QED) is 0.771. The van der Waals surface area contributed by atoms with E-state index in [1.165, 1.54) is 17.8 Å². The van der Waals surface area contributed by atoms with Gasteiger partial charge in [0.2, 0.25) is 10.0 Å². The highest BCUT2D eigenvalue weighted by Crippen LogP contribution is 2.42. The molecule has 0 unspecified atom stereocenters. The lowest BCUT2D eigenvalue weighted by molar-refractivity contribution is 0.290. The molecule has 142 valence electrons. The molecule has 0 spiro atoms. The van der Waals surface area contributed by atoms with Crippen LogP contribution in [0.3, 0.4) is 0 Å². The third kappa shape index (κ3) is 3.89. The fraction of sp³-hybridized carbons (Fsp3) is 0.474. The molecule has 1 aromatic heterocycles. The first-order valence-corrected chi connectivity index (χ1v) is 11.1. The van der Waals surface area contributed by atoms with Gasteiger partial charge in [-0.2, -0.15) is 0 Å². The Morgan fingerprint density at radius 1 is 1.08 bits per heavy atom. The SMILES string of the molecule is COc1ccc(C2(CNS(=O)(=O)c3cccs3)CCCCC2)cc1OC. The van der Waals surface area contributed by atoms with Crippen LogP contribution in [0.25, 0.3) is 0 Å². The van der Waals surface area contributed by atoms with Gasteiger partial charge in [0.15, 0.2) is 11.5 Å². The number of hydrogen-bond acceptors (Lipinski definition) is 5. The zero-order valence-corrected chi connectivity index (χ0v) is 16.8. The van der Waals surface area contributed by atoms with Gasteiger partial charge in [-0.25, -0.2) is 13.1 Å². The zero-order valence-electron chi connectivity index (χ0n) is 15.2. The van der Waals surface area contributed by atoms with Gasteiger partial charge >= 0.3 is 0 Å². The van der Waals surface area contributed by atoms with E-state index in [1.54, 1.807) is 31.7 Å². The van der Waals surface area contributed by atoms with Crippen LogP contribution >= 0.6 is 11.3 Å². The van der Waals surface area contributed by atoms with Gasteiger partial charge in [-0.3, -0.25) is 0 Å². The van der Waals surface area contributed by atoms with Gasteiger partial charge in [0, 0.05) is 12.0 Å². The number of sulfonamides is 1. The molecule has 0 amide bonds. The first-order chi connectivity index (χ1) is 12.5. The van der Waals surface area contributed by atoms with E-state index < -0.39 is 10.0 Å². The molecule has 3 rings (SSSR count). The fourth-order valence-electron chi connectivity index (χ4n) is 3.68. The molecule has 1 aliphatic carbocycles. The minimum absolute atomic E-state index is 0.220. The number of nitrogens with one attached hydrogen (secondary N) is 1. The van der Waals surface area contributed by atoms with E-state index in [0.717, 1.165) is 31.2 Å². The monoisotopic (exact) mass is 395 g/mol. The largest absolute Gasteiger partial charge is 0.493 e. The van der Waals surface area contributed by atoms with Gasteiger partial charge in [-0.1, -0.05) is 31.4 Å². The Bertz CT molecular complexity index is 825. The summed E-state index contributed by atoms with van der Waals surface area (Å²) >= 11 is 1.24. The lowest BCUT2D eigenvalue weighted by Gasteiger charge is -2.38. The molecule has 0 saturated heterocycles.